The van der Waals surface area contributed by atoms with Crippen molar-refractivity contribution in [2.75, 3.05) is 31.1 Å². The van der Waals surface area contributed by atoms with Crippen molar-refractivity contribution in [1.29, 1.82) is 0 Å². The van der Waals surface area contributed by atoms with Gasteiger partial charge in [0, 0.05) is 31.4 Å². The summed E-state index contributed by atoms with van der Waals surface area (Å²) in [7, 11) is 0. The average molecular weight is 400 g/mol. The number of guanidine groups is 1. The van der Waals surface area contributed by atoms with Gasteiger partial charge < -0.3 is 20.6 Å². The monoisotopic (exact) mass is 399 g/mol. The van der Waals surface area contributed by atoms with E-state index in [0.717, 1.165) is 44.0 Å². The number of anilines is 1. The van der Waals surface area contributed by atoms with E-state index in [9.17, 15) is 9.50 Å². The van der Waals surface area contributed by atoms with Gasteiger partial charge >= 0.3 is 0 Å². The molecule has 1 fully saturated rings. The maximum Gasteiger partial charge on any atom is 0.191 e. The third kappa shape index (κ3) is 6.15. The van der Waals surface area contributed by atoms with E-state index < -0.39 is 6.10 Å². The minimum atomic E-state index is -0.764. The Bertz CT molecular complexity index is 803. The molecule has 2 aromatic rings. The van der Waals surface area contributed by atoms with Crippen LogP contribution in [0.5, 0.6) is 0 Å². The van der Waals surface area contributed by atoms with Crippen molar-refractivity contribution >= 4 is 11.8 Å². The number of benzene rings is 1. The largest absolute Gasteiger partial charge is 0.386 e. The van der Waals surface area contributed by atoms with Crippen LogP contribution < -0.4 is 15.5 Å². The molecule has 29 heavy (non-hydrogen) atoms. The second kappa shape index (κ2) is 10.2. The molecule has 7 heteroatoms. The van der Waals surface area contributed by atoms with E-state index in [0.29, 0.717) is 17.6 Å². The Balaban J connectivity index is 1.53. The molecule has 3 N–H and O–H groups in total. The van der Waals surface area contributed by atoms with E-state index in [1.54, 1.807) is 12.1 Å². The summed E-state index contributed by atoms with van der Waals surface area (Å²) < 4.78 is 13.0. The summed E-state index contributed by atoms with van der Waals surface area (Å²) in [6, 6.07) is 12.3. The van der Waals surface area contributed by atoms with E-state index >= 15 is 0 Å². The number of hydrogen-bond acceptors (Lipinski definition) is 4. The number of nitrogens with one attached hydrogen (secondary N) is 2. The van der Waals surface area contributed by atoms with Crippen LogP contribution in [0.15, 0.2) is 47.5 Å². The number of halogens is 1. The summed E-state index contributed by atoms with van der Waals surface area (Å²) in [5.74, 6) is 1.42. The summed E-state index contributed by atoms with van der Waals surface area (Å²) >= 11 is 0. The number of hydrogen-bond donors (Lipinski definition) is 3. The smallest absolute Gasteiger partial charge is 0.191 e. The van der Waals surface area contributed by atoms with Crippen LogP contribution >= 0.6 is 0 Å². The van der Waals surface area contributed by atoms with Crippen molar-refractivity contribution in [1.82, 2.24) is 15.6 Å². The van der Waals surface area contributed by atoms with Crippen molar-refractivity contribution < 1.29 is 9.50 Å². The van der Waals surface area contributed by atoms with Crippen molar-refractivity contribution in [2.24, 2.45) is 4.99 Å². The minimum absolute atomic E-state index is 0.215. The van der Waals surface area contributed by atoms with Crippen LogP contribution in [0.2, 0.25) is 0 Å². The highest BCUT2D eigenvalue weighted by atomic mass is 19.1. The average Bonchev–Trinajstić information content (AvgIpc) is 2.73. The van der Waals surface area contributed by atoms with Crippen LogP contribution in [-0.2, 0) is 0 Å². The highest BCUT2D eigenvalue weighted by Crippen LogP contribution is 2.18. The predicted molar refractivity (Wildman–Crippen MR) is 115 cm³/mol. The molecule has 0 aliphatic carbocycles. The molecule has 0 bridgehead atoms. The molecule has 0 saturated carbocycles. The first-order valence-corrected chi connectivity index (χ1v) is 10.2. The molecule has 0 spiro atoms. The molecule has 156 valence electrons. The Hall–Kier alpha value is -2.67. The van der Waals surface area contributed by atoms with Gasteiger partial charge in [-0.1, -0.05) is 18.2 Å². The standard InChI is InChI=1S/C22H30FN5O/c1-3-24-22(25-15-20(29)17-7-9-18(23)10-8-17)27-19-11-13-28(14-12-19)21-6-4-5-16(2)26-21/h4-10,19-20,29H,3,11-15H2,1-2H3,(H2,24,25,27). The van der Waals surface area contributed by atoms with E-state index in [-0.39, 0.29) is 12.4 Å². The lowest BCUT2D eigenvalue weighted by atomic mass is 10.1. The molecule has 1 atom stereocenters. The normalized spacial score (nSPS) is 16.6. The van der Waals surface area contributed by atoms with Gasteiger partial charge in [0.1, 0.15) is 11.6 Å². The predicted octanol–water partition coefficient (Wildman–Crippen LogP) is 2.79. The third-order valence-electron chi connectivity index (χ3n) is 5.05. The zero-order valence-corrected chi connectivity index (χ0v) is 17.1. The molecule has 0 radical (unpaired) electrons. The van der Waals surface area contributed by atoms with Crippen LogP contribution in [0, 0.1) is 12.7 Å². The number of aliphatic hydroxyl groups excluding tert-OH is 1. The molecular formula is C22H30FN5O. The first-order chi connectivity index (χ1) is 14.0. The second-order valence-corrected chi connectivity index (χ2v) is 7.33. The summed E-state index contributed by atoms with van der Waals surface area (Å²) in [5, 5.41) is 17.0. The molecule has 3 rings (SSSR count). The van der Waals surface area contributed by atoms with Crippen molar-refractivity contribution in [3.05, 3.63) is 59.5 Å². The van der Waals surface area contributed by atoms with Gasteiger partial charge in [-0.15, -0.1) is 0 Å². The highest BCUT2D eigenvalue weighted by Gasteiger charge is 2.21. The van der Waals surface area contributed by atoms with Crippen LogP contribution in [-0.4, -0.2) is 48.3 Å². The van der Waals surface area contributed by atoms with Gasteiger partial charge in [-0.3, -0.25) is 4.99 Å². The van der Waals surface area contributed by atoms with Crippen molar-refractivity contribution in [3.8, 4) is 0 Å². The SMILES string of the molecule is CCNC(=NCC(O)c1ccc(F)cc1)NC1CCN(c2cccc(C)n2)CC1. The van der Waals surface area contributed by atoms with Crippen molar-refractivity contribution in [3.63, 3.8) is 0 Å². The maximum absolute atomic E-state index is 13.0. The van der Waals surface area contributed by atoms with Crippen LogP contribution in [0.25, 0.3) is 0 Å². The summed E-state index contributed by atoms with van der Waals surface area (Å²) in [5.41, 5.74) is 1.69. The second-order valence-electron chi connectivity index (χ2n) is 7.33. The van der Waals surface area contributed by atoms with Gasteiger partial charge in [0.05, 0.1) is 12.6 Å². The van der Waals surface area contributed by atoms with Gasteiger partial charge in [-0.25, -0.2) is 9.37 Å². The Morgan fingerprint density at radius 3 is 2.62 bits per heavy atom. The zero-order chi connectivity index (χ0) is 20.6. The Morgan fingerprint density at radius 2 is 1.97 bits per heavy atom. The third-order valence-corrected chi connectivity index (χ3v) is 5.05. The topological polar surface area (TPSA) is 72.8 Å². The fourth-order valence-electron chi connectivity index (χ4n) is 3.44. The van der Waals surface area contributed by atoms with Crippen LogP contribution in [0.1, 0.15) is 37.1 Å². The Morgan fingerprint density at radius 1 is 1.24 bits per heavy atom. The molecular weight excluding hydrogens is 369 g/mol. The van der Waals surface area contributed by atoms with Crippen LogP contribution in [0.3, 0.4) is 0 Å². The number of nitrogens with zero attached hydrogens (tertiary/aromatic N) is 3. The van der Waals surface area contributed by atoms with E-state index in [1.165, 1.54) is 12.1 Å². The maximum atomic E-state index is 13.0. The number of aryl methyl sites for hydroxylation is 1. The number of aromatic nitrogens is 1. The van der Waals surface area contributed by atoms with Gasteiger partial charge in [0.25, 0.3) is 0 Å². The van der Waals surface area contributed by atoms with Crippen molar-refractivity contribution in [2.45, 2.75) is 38.8 Å². The molecule has 2 heterocycles. The summed E-state index contributed by atoms with van der Waals surface area (Å²) in [6.07, 6.45) is 1.21. The van der Waals surface area contributed by atoms with Gasteiger partial charge in [-0.05, 0) is 56.5 Å². The molecule has 1 aliphatic rings. The van der Waals surface area contributed by atoms with Gasteiger partial charge in [-0.2, -0.15) is 0 Å². The molecule has 1 aromatic heterocycles. The highest BCUT2D eigenvalue weighted by molar-refractivity contribution is 5.80. The van der Waals surface area contributed by atoms with Gasteiger partial charge in [0.2, 0.25) is 0 Å². The number of rotatable bonds is 6. The summed E-state index contributed by atoms with van der Waals surface area (Å²) in [6.45, 7) is 6.85. The lowest BCUT2D eigenvalue weighted by molar-refractivity contribution is 0.187. The van der Waals surface area contributed by atoms with Gasteiger partial charge in [0.15, 0.2) is 5.96 Å². The number of aliphatic hydroxyl groups is 1. The number of pyridine rings is 1. The Labute approximate surface area is 171 Å². The molecule has 0 amide bonds. The lowest BCUT2D eigenvalue weighted by Crippen LogP contribution is -2.49. The van der Waals surface area contributed by atoms with E-state index in [4.69, 9.17) is 0 Å². The van der Waals surface area contributed by atoms with Crippen LogP contribution in [0.4, 0.5) is 10.2 Å². The van der Waals surface area contributed by atoms with E-state index in [1.807, 2.05) is 26.0 Å². The minimum Gasteiger partial charge on any atom is -0.386 e. The van der Waals surface area contributed by atoms with E-state index in [2.05, 4.69) is 31.6 Å². The fraction of sp³-hybridized carbons (Fsp3) is 0.455. The fourth-order valence-corrected chi connectivity index (χ4v) is 3.44. The molecule has 1 unspecified atom stereocenters. The number of piperidine rings is 1. The molecule has 1 saturated heterocycles. The Kier molecular flexibility index (Phi) is 7.41. The quantitative estimate of drug-likeness (QED) is 0.515. The zero-order valence-electron chi connectivity index (χ0n) is 17.1. The first kappa shape index (κ1) is 21.0. The lowest BCUT2D eigenvalue weighted by Gasteiger charge is -2.34. The summed E-state index contributed by atoms with van der Waals surface area (Å²) in [4.78, 5) is 11.4. The molecule has 6 nitrogen and oxygen atoms in total. The first-order valence-electron chi connectivity index (χ1n) is 10.2. The number of aliphatic imine (C=N–C) groups is 1. The molecule has 1 aromatic carbocycles. The molecule has 1 aliphatic heterocycles.